The van der Waals surface area contributed by atoms with Gasteiger partial charge in [-0.3, -0.25) is 14.4 Å². The van der Waals surface area contributed by atoms with Crippen molar-refractivity contribution in [3.8, 4) is 5.75 Å². The van der Waals surface area contributed by atoms with Crippen molar-refractivity contribution in [1.29, 1.82) is 0 Å². The van der Waals surface area contributed by atoms with Crippen molar-refractivity contribution in [3.05, 3.63) is 77.6 Å². The number of benzene rings is 2. The number of aryl methyl sites for hydroxylation is 1. The van der Waals surface area contributed by atoms with Gasteiger partial charge in [0, 0.05) is 31.0 Å². The summed E-state index contributed by atoms with van der Waals surface area (Å²) in [4.78, 5) is 41.2. The first kappa shape index (κ1) is 27.4. The Morgan fingerprint density at radius 2 is 1.70 bits per heavy atom. The maximum absolute atomic E-state index is 13.6. The zero-order chi connectivity index (χ0) is 27.0. The minimum atomic E-state index is -0.918. The van der Waals surface area contributed by atoms with Crippen molar-refractivity contribution in [2.24, 2.45) is 0 Å². The number of aromatic nitrogens is 1. The molecule has 196 valence electrons. The third kappa shape index (κ3) is 8.20. The van der Waals surface area contributed by atoms with Crippen LogP contribution in [0, 0.1) is 6.92 Å². The van der Waals surface area contributed by atoms with Crippen LogP contribution in [0.25, 0.3) is 0 Å². The molecule has 9 heteroatoms. The first-order valence-corrected chi connectivity index (χ1v) is 12.1. The average molecular weight is 507 g/mol. The van der Waals surface area contributed by atoms with Gasteiger partial charge < -0.3 is 24.8 Å². The van der Waals surface area contributed by atoms with Gasteiger partial charge in [-0.15, -0.1) is 0 Å². The van der Waals surface area contributed by atoms with Gasteiger partial charge in [0.1, 0.15) is 17.6 Å². The van der Waals surface area contributed by atoms with E-state index in [4.69, 9.17) is 9.26 Å². The molecule has 0 spiro atoms. The van der Waals surface area contributed by atoms with Crippen molar-refractivity contribution < 1.29 is 23.6 Å². The Hall–Kier alpha value is -4.14. The van der Waals surface area contributed by atoms with Crippen LogP contribution < -0.4 is 15.4 Å². The van der Waals surface area contributed by atoms with Gasteiger partial charge in [-0.2, -0.15) is 0 Å². The Balaban J connectivity index is 1.89. The molecule has 0 unspecified atom stereocenters. The van der Waals surface area contributed by atoms with E-state index in [0.717, 1.165) is 5.56 Å². The SMILES string of the molecule is COc1ccc([C@@H](C(=O)NC(C)(C)C)N(Cc2ccccc2)C(=O)CCC(=O)Nc2cc(C)on2)cc1. The number of amides is 3. The molecule has 0 bridgehead atoms. The Morgan fingerprint density at radius 3 is 2.27 bits per heavy atom. The molecule has 3 rings (SSSR count). The number of nitrogens with one attached hydrogen (secondary N) is 2. The third-order valence-corrected chi connectivity index (χ3v) is 5.47. The highest BCUT2D eigenvalue weighted by Gasteiger charge is 2.33. The number of anilines is 1. The predicted octanol–water partition coefficient (Wildman–Crippen LogP) is 4.40. The number of hydrogen-bond donors (Lipinski definition) is 2. The fourth-order valence-electron chi connectivity index (χ4n) is 3.80. The summed E-state index contributed by atoms with van der Waals surface area (Å²) < 4.78 is 10.2. The smallest absolute Gasteiger partial charge is 0.247 e. The largest absolute Gasteiger partial charge is 0.497 e. The second-order valence-electron chi connectivity index (χ2n) is 9.79. The second-order valence-corrected chi connectivity index (χ2v) is 9.79. The van der Waals surface area contributed by atoms with Gasteiger partial charge in [-0.05, 0) is 51.0 Å². The van der Waals surface area contributed by atoms with Crippen LogP contribution in [0.3, 0.4) is 0 Å². The molecule has 0 saturated carbocycles. The van der Waals surface area contributed by atoms with Crippen molar-refractivity contribution in [2.45, 2.75) is 58.7 Å². The molecule has 0 radical (unpaired) electrons. The standard InChI is InChI=1S/C28H34N4O5/c1-19-17-23(31-37-19)29-24(33)15-16-25(34)32(18-20-9-7-6-8-10-20)26(27(35)30-28(2,3)4)21-11-13-22(36-5)14-12-21/h6-14,17,26H,15-16,18H2,1-5H3,(H,30,35)(H,29,31,33)/t26-/m0/s1. The third-order valence-electron chi connectivity index (χ3n) is 5.47. The second kappa shape index (κ2) is 12.2. The Labute approximate surface area is 217 Å². The summed E-state index contributed by atoms with van der Waals surface area (Å²) in [5.41, 5.74) is 0.980. The van der Waals surface area contributed by atoms with Crippen molar-refractivity contribution in [2.75, 3.05) is 12.4 Å². The van der Waals surface area contributed by atoms with E-state index in [1.165, 1.54) is 4.90 Å². The maximum atomic E-state index is 13.6. The van der Waals surface area contributed by atoms with Crippen molar-refractivity contribution >= 4 is 23.5 Å². The molecule has 1 heterocycles. The van der Waals surface area contributed by atoms with Gasteiger partial charge in [0.05, 0.1) is 7.11 Å². The monoisotopic (exact) mass is 506 g/mol. The minimum absolute atomic E-state index is 0.0771. The first-order valence-electron chi connectivity index (χ1n) is 12.1. The summed E-state index contributed by atoms with van der Waals surface area (Å²) in [5.74, 6) is 0.468. The number of ether oxygens (including phenoxy) is 1. The number of methoxy groups -OCH3 is 1. The van der Waals surface area contributed by atoms with Gasteiger partial charge in [0.15, 0.2) is 5.82 Å². The van der Waals surface area contributed by atoms with E-state index < -0.39 is 11.6 Å². The number of nitrogens with zero attached hydrogens (tertiary/aromatic N) is 2. The van der Waals surface area contributed by atoms with Gasteiger partial charge in [0.2, 0.25) is 17.7 Å². The minimum Gasteiger partial charge on any atom is -0.497 e. The molecule has 0 saturated heterocycles. The topological polar surface area (TPSA) is 114 Å². The van der Waals surface area contributed by atoms with E-state index in [0.29, 0.717) is 17.1 Å². The average Bonchev–Trinajstić information content (AvgIpc) is 3.26. The molecule has 1 atom stereocenters. The summed E-state index contributed by atoms with van der Waals surface area (Å²) in [5, 5.41) is 9.38. The van der Waals surface area contributed by atoms with E-state index in [9.17, 15) is 14.4 Å². The molecule has 3 aromatic rings. The van der Waals surface area contributed by atoms with Crippen LogP contribution in [0.1, 0.15) is 56.5 Å². The molecule has 0 aliphatic heterocycles. The van der Waals surface area contributed by atoms with E-state index in [-0.39, 0.29) is 42.9 Å². The molecule has 0 fully saturated rings. The summed E-state index contributed by atoms with van der Waals surface area (Å²) in [6.45, 7) is 7.56. The number of hydrogen-bond acceptors (Lipinski definition) is 6. The van der Waals surface area contributed by atoms with Gasteiger partial charge in [-0.25, -0.2) is 0 Å². The molecule has 1 aromatic heterocycles. The molecule has 0 aliphatic rings. The van der Waals surface area contributed by atoms with Crippen molar-refractivity contribution in [3.63, 3.8) is 0 Å². The molecule has 37 heavy (non-hydrogen) atoms. The van der Waals surface area contributed by atoms with Gasteiger partial charge in [0.25, 0.3) is 0 Å². The van der Waals surface area contributed by atoms with Crippen LogP contribution in [0.15, 0.2) is 65.2 Å². The molecule has 3 amide bonds. The maximum Gasteiger partial charge on any atom is 0.247 e. The van der Waals surface area contributed by atoms with Crippen LogP contribution >= 0.6 is 0 Å². The molecule has 2 N–H and O–H groups in total. The van der Waals surface area contributed by atoms with E-state index in [2.05, 4.69) is 15.8 Å². The lowest BCUT2D eigenvalue weighted by molar-refractivity contribution is -0.142. The quantitative estimate of drug-likeness (QED) is 0.421. The lowest BCUT2D eigenvalue weighted by atomic mass is 10.00. The lowest BCUT2D eigenvalue weighted by Gasteiger charge is -2.34. The molecule has 9 nitrogen and oxygen atoms in total. The van der Waals surface area contributed by atoms with E-state index >= 15 is 0 Å². The molecular weight excluding hydrogens is 472 g/mol. The van der Waals surface area contributed by atoms with Crippen molar-refractivity contribution in [1.82, 2.24) is 15.4 Å². The molecule has 0 aliphatic carbocycles. The fourth-order valence-corrected chi connectivity index (χ4v) is 3.80. The molecule has 2 aromatic carbocycles. The number of carbonyl (C=O) groups is 3. The highest BCUT2D eigenvalue weighted by atomic mass is 16.5. The van der Waals surface area contributed by atoms with Gasteiger partial charge >= 0.3 is 0 Å². The summed E-state index contributed by atoms with van der Waals surface area (Å²) in [7, 11) is 1.56. The van der Waals surface area contributed by atoms with Crippen LogP contribution in [-0.2, 0) is 20.9 Å². The number of rotatable bonds is 10. The zero-order valence-corrected chi connectivity index (χ0v) is 21.9. The lowest BCUT2D eigenvalue weighted by Crippen LogP contribution is -2.49. The zero-order valence-electron chi connectivity index (χ0n) is 21.9. The first-order chi connectivity index (χ1) is 17.6. The Morgan fingerprint density at radius 1 is 1.03 bits per heavy atom. The van der Waals surface area contributed by atoms with E-state index in [1.807, 2.05) is 51.1 Å². The van der Waals surface area contributed by atoms with Crippen LogP contribution in [0.2, 0.25) is 0 Å². The van der Waals surface area contributed by atoms with Gasteiger partial charge in [-0.1, -0.05) is 47.6 Å². The van der Waals surface area contributed by atoms with Crippen LogP contribution in [0.4, 0.5) is 5.82 Å². The summed E-state index contributed by atoms with van der Waals surface area (Å²) >= 11 is 0. The molecular formula is C28H34N4O5. The Kier molecular flexibility index (Phi) is 9.05. The Bertz CT molecular complexity index is 1200. The van der Waals surface area contributed by atoms with Crippen LogP contribution in [0.5, 0.6) is 5.75 Å². The van der Waals surface area contributed by atoms with E-state index in [1.54, 1.807) is 44.4 Å². The van der Waals surface area contributed by atoms with Crippen LogP contribution in [-0.4, -0.2) is 40.4 Å². The number of carbonyl (C=O) groups excluding carboxylic acids is 3. The normalized spacial score (nSPS) is 11.9. The highest BCUT2D eigenvalue weighted by Crippen LogP contribution is 2.27. The summed E-state index contributed by atoms with van der Waals surface area (Å²) in [6.07, 6.45) is -0.169. The summed E-state index contributed by atoms with van der Waals surface area (Å²) in [6, 6.07) is 17.2. The highest BCUT2D eigenvalue weighted by molar-refractivity contribution is 5.94. The predicted molar refractivity (Wildman–Crippen MR) is 140 cm³/mol. The fraction of sp³-hybridized carbons (Fsp3) is 0.357.